The van der Waals surface area contributed by atoms with E-state index in [9.17, 15) is 0 Å². The van der Waals surface area contributed by atoms with Crippen molar-refractivity contribution in [2.45, 2.75) is 0 Å². The lowest BCUT2D eigenvalue weighted by atomic mass is 10.3. The molecule has 2 N–H and O–H groups in total. The highest BCUT2D eigenvalue weighted by molar-refractivity contribution is 9.10. The highest BCUT2D eigenvalue weighted by Gasteiger charge is 2.02. The molecule has 0 unspecified atom stereocenters. The summed E-state index contributed by atoms with van der Waals surface area (Å²) in [4.78, 5) is 4.05. The lowest BCUT2D eigenvalue weighted by molar-refractivity contribution is 0.465. The molecule has 0 aliphatic heterocycles. The molecule has 0 radical (unpaired) electrons. The molecular formula is C11H9BrN2O. The maximum absolute atomic E-state index is 5.79. The van der Waals surface area contributed by atoms with Gasteiger partial charge in [-0.3, -0.25) is 0 Å². The number of pyridine rings is 1. The number of benzene rings is 1. The van der Waals surface area contributed by atoms with Gasteiger partial charge in [0.25, 0.3) is 0 Å². The summed E-state index contributed by atoms with van der Waals surface area (Å²) < 4.78 is 6.43. The summed E-state index contributed by atoms with van der Waals surface area (Å²) in [6.07, 6.45) is 1.67. The summed E-state index contributed by atoms with van der Waals surface area (Å²) in [6.45, 7) is 0. The second-order valence-electron chi connectivity index (χ2n) is 2.95. The Morgan fingerprint density at radius 2 is 2.07 bits per heavy atom. The van der Waals surface area contributed by atoms with Crippen LogP contribution in [-0.4, -0.2) is 4.98 Å². The zero-order chi connectivity index (χ0) is 10.7. The SMILES string of the molecule is Nc1cc(Br)ccc1Oc1ccccn1. The molecule has 0 saturated carbocycles. The number of hydrogen-bond acceptors (Lipinski definition) is 3. The molecule has 3 nitrogen and oxygen atoms in total. The quantitative estimate of drug-likeness (QED) is 0.848. The van der Waals surface area contributed by atoms with Crippen molar-refractivity contribution in [2.75, 3.05) is 5.73 Å². The van der Waals surface area contributed by atoms with Gasteiger partial charge in [-0.05, 0) is 24.3 Å². The van der Waals surface area contributed by atoms with Gasteiger partial charge < -0.3 is 10.5 Å². The van der Waals surface area contributed by atoms with Crippen molar-refractivity contribution in [3.05, 3.63) is 47.1 Å². The molecule has 0 fully saturated rings. The van der Waals surface area contributed by atoms with E-state index in [1.807, 2.05) is 18.2 Å². The van der Waals surface area contributed by atoms with Gasteiger partial charge in [0.15, 0.2) is 5.75 Å². The third-order valence-electron chi connectivity index (χ3n) is 1.82. The van der Waals surface area contributed by atoms with Gasteiger partial charge in [0.05, 0.1) is 5.69 Å². The molecule has 2 rings (SSSR count). The standard InChI is InChI=1S/C11H9BrN2O/c12-8-4-5-10(9(13)7-8)15-11-3-1-2-6-14-11/h1-7H,13H2. The van der Waals surface area contributed by atoms with Crippen LogP contribution in [0.3, 0.4) is 0 Å². The largest absolute Gasteiger partial charge is 0.437 e. The number of aromatic nitrogens is 1. The number of anilines is 1. The summed E-state index contributed by atoms with van der Waals surface area (Å²) in [6, 6.07) is 10.9. The molecule has 1 heterocycles. The normalized spacial score (nSPS) is 9.93. The Hall–Kier alpha value is -1.55. The number of halogens is 1. The molecular weight excluding hydrogens is 256 g/mol. The Kier molecular flexibility index (Phi) is 2.87. The highest BCUT2D eigenvalue weighted by Crippen LogP contribution is 2.28. The molecule has 0 atom stereocenters. The van der Waals surface area contributed by atoms with E-state index in [1.165, 1.54) is 0 Å². The smallest absolute Gasteiger partial charge is 0.219 e. The average molecular weight is 265 g/mol. The molecule has 0 aliphatic carbocycles. The first kappa shape index (κ1) is 9.98. The third-order valence-corrected chi connectivity index (χ3v) is 2.32. The van der Waals surface area contributed by atoms with Crippen LogP contribution in [0.2, 0.25) is 0 Å². The summed E-state index contributed by atoms with van der Waals surface area (Å²) in [7, 11) is 0. The lowest BCUT2D eigenvalue weighted by Gasteiger charge is -2.07. The summed E-state index contributed by atoms with van der Waals surface area (Å²) >= 11 is 3.33. The molecule has 0 aliphatic rings. The topological polar surface area (TPSA) is 48.1 Å². The van der Waals surface area contributed by atoms with E-state index in [0.717, 1.165) is 4.47 Å². The van der Waals surface area contributed by atoms with Gasteiger partial charge in [-0.1, -0.05) is 22.0 Å². The van der Waals surface area contributed by atoms with E-state index >= 15 is 0 Å². The molecule has 76 valence electrons. The number of nitrogens with zero attached hydrogens (tertiary/aromatic N) is 1. The Balaban J connectivity index is 2.25. The average Bonchev–Trinajstić information content (AvgIpc) is 2.24. The maximum Gasteiger partial charge on any atom is 0.219 e. The Labute approximate surface area is 96.0 Å². The molecule has 0 saturated heterocycles. The zero-order valence-corrected chi connectivity index (χ0v) is 9.44. The number of nitrogen functional groups attached to an aromatic ring is 1. The van der Waals surface area contributed by atoms with Crippen LogP contribution in [0, 0.1) is 0 Å². The first-order valence-corrected chi connectivity index (χ1v) is 5.19. The molecule has 1 aromatic heterocycles. The zero-order valence-electron chi connectivity index (χ0n) is 7.85. The van der Waals surface area contributed by atoms with Crippen molar-refractivity contribution < 1.29 is 4.74 Å². The van der Waals surface area contributed by atoms with E-state index in [1.54, 1.807) is 24.4 Å². The van der Waals surface area contributed by atoms with Crippen LogP contribution >= 0.6 is 15.9 Å². The first-order valence-electron chi connectivity index (χ1n) is 4.39. The van der Waals surface area contributed by atoms with Crippen LogP contribution in [0.15, 0.2) is 47.1 Å². The molecule has 0 bridgehead atoms. The van der Waals surface area contributed by atoms with E-state index in [-0.39, 0.29) is 0 Å². The van der Waals surface area contributed by atoms with Gasteiger partial charge in [-0.2, -0.15) is 0 Å². The first-order chi connectivity index (χ1) is 7.25. The molecule has 1 aromatic carbocycles. The molecule has 2 aromatic rings. The number of rotatable bonds is 2. The maximum atomic E-state index is 5.79. The Morgan fingerprint density at radius 1 is 1.20 bits per heavy atom. The van der Waals surface area contributed by atoms with Crippen LogP contribution in [-0.2, 0) is 0 Å². The van der Waals surface area contributed by atoms with Crippen molar-refractivity contribution in [3.63, 3.8) is 0 Å². The van der Waals surface area contributed by atoms with Crippen LogP contribution in [0.1, 0.15) is 0 Å². The molecule has 0 spiro atoms. The summed E-state index contributed by atoms with van der Waals surface area (Å²) in [5, 5.41) is 0. The predicted molar refractivity (Wildman–Crippen MR) is 62.9 cm³/mol. The van der Waals surface area contributed by atoms with Crippen LogP contribution in [0.4, 0.5) is 5.69 Å². The van der Waals surface area contributed by atoms with Crippen molar-refractivity contribution in [2.24, 2.45) is 0 Å². The van der Waals surface area contributed by atoms with Crippen LogP contribution in [0.5, 0.6) is 11.6 Å². The van der Waals surface area contributed by atoms with E-state index in [4.69, 9.17) is 10.5 Å². The fourth-order valence-corrected chi connectivity index (χ4v) is 1.51. The Morgan fingerprint density at radius 3 is 2.73 bits per heavy atom. The third kappa shape index (κ3) is 2.47. The van der Waals surface area contributed by atoms with E-state index in [2.05, 4.69) is 20.9 Å². The fourth-order valence-electron chi connectivity index (χ4n) is 1.13. The van der Waals surface area contributed by atoms with Gasteiger partial charge in [-0.15, -0.1) is 0 Å². The predicted octanol–water partition coefficient (Wildman–Crippen LogP) is 3.22. The van der Waals surface area contributed by atoms with E-state index in [0.29, 0.717) is 17.3 Å². The summed E-state index contributed by atoms with van der Waals surface area (Å²) in [5.74, 6) is 1.14. The van der Waals surface area contributed by atoms with Gasteiger partial charge in [0, 0.05) is 16.7 Å². The fraction of sp³-hybridized carbons (Fsp3) is 0. The lowest BCUT2D eigenvalue weighted by Crippen LogP contribution is -1.92. The van der Waals surface area contributed by atoms with Gasteiger partial charge >= 0.3 is 0 Å². The number of hydrogen-bond donors (Lipinski definition) is 1. The second-order valence-corrected chi connectivity index (χ2v) is 3.87. The second kappa shape index (κ2) is 4.31. The number of nitrogens with two attached hydrogens (primary N) is 1. The van der Waals surface area contributed by atoms with Gasteiger partial charge in [0.2, 0.25) is 5.88 Å². The minimum Gasteiger partial charge on any atom is -0.437 e. The minimum atomic E-state index is 0.534. The minimum absolute atomic E-state index is 0.534. The van der Waals surface area contributed by atoms with Crippen molar-refractivity contribution in [1.29, 1.82) is 0 Å². The number of ether oxygens (including phenoxy) is 1. The van der Waals surface area contributed by atoms with Crippen LogP contribution in [0.25, 0.3) is 0 Å². The van der Waals surface area contributed by atoms with Crippen LogP contribution < -0.4 is 10.5 Å². The monoisotopic (exact) mass is 264 g/mol. The molecule has 0 amide bonds. The Bertz CT molecular complexity index is 459. The van der Waals surface area contributed by atoms with Crippen molar-refractivity contribution in [1.82, 2.24) is 4.98 Å². The van der Waals surface area contributed by atoms with E-state index < -0.39 is 0 Å². The van der Waals surface area contributed by atoms with Gasteiger partial charge in [0.1, 0.15) is 0 Å². The summed E-state index contributed by atoms with van der Waals surface area (Å²) in [5.41, 5.74) is 6.37. The molecule has 4 heteroatoms. The van der Waals surface area contributed by atoms with Crippen molar-refractivity contribution in [3.8, 4) is 11.6 Å². The molecule has 15 heavy (non-hydrogen) atoms. The highest BCUT2D eigenvalue weighted by atomic mass is 79.9. The van der Waals surface area contributed by atoms with Crippen molar-refractivity contribution >= 4 is 21.6 Å². The van der Waals surface area contributed by atoms with Gasteiger partial charge in [-0.25, -0.2) is 4.98 Å².